The first-order chi connectivity index (χ1) is 20.6. The zero-order valence-electron chi connectivity index (χ0n) is 24.6. The highest BCUT2D eigenvalue weighted by Gasteiger charge is 2.57. The molecule has 2 fully saturated rings. The topological polar surface area (TPSA) is 128 Å². The van der Waals surface area contributed by atoms with Crippen LogP contribution in [0.15, 0.2) is 59.2 Å². The summed E-state index contributed by atoms with van der Waals surface area (Å²) in [6.45, 7) is 4.20. The molecule has 2 amide bonds. The number of nitrogens with zero attached hydrogens (tertiary/aromatic N) is 1. The van der Waals surface area contributed by atoms with E-state index in [1.54, 1.807) is 24.3 Å². The summed E-state index contributed by atoms with van der Waals surface area (Å²) < 4.78 is 6.16. The van der Waals surface area contributed by atoms with Crippen molar-refractivity contribution in [2.24, 2.45) is 17.8 Å². The van der Waals surface area contributed by atoms with Gasteiger partial charge in [-0.3, -0.25) is 14.5 Å². The van der Waals surface area contributed by atoms with Crippen molar-refractivity contribution in [2.75, 3.05) is 4.90 Å². The number of halogens is 1. The fourth-order valence-corrected chi connectivity index (χ4v) is 7.37. The number of allylic oxidation sites excluding steroid dienone is 2. The SMILES string of the molecule is CCCC1=C2[C@@H](CC/C(=C/c3ccc(O)cc3Cl)CCC)OB(O)C[C@@H]2[C@@H]2C(=O)N(c3cccc(B(O)O)c3)C(=O)[C@@H]2C1. The van der Waals surface area contributed by atoms with E-state index < -0.39 is 32.2 Å². The Bertz CT molecular complexity index is 1440. The fraction of sp³-hybridized carbons (Fsp3) is 0.438. The molecule has 4 N–H and O–H groups in total. The Hall–Kier alpha value is -2.88. The van der Waals surface area contributed by atoms with E-state index in [9.17, 15) is 29.8 Å². The number of hydrogen-bond donors (Lipinski definition) is 4. The van der Waals surface area contributed by atoms with Gasteiger partial charge in [-0.15, -0.1) is 0 Å². The smallest absolute Gasteiger partial charge is 0.488 e. The van der Waals surface area contributed by atoms with E-state index >= 15 is 0 Å². The second kappa shape index (κ2) is 13.4. The molecule has 226 valence electrons. The molecule has 3 aliphatic rings. The average molecular weight is 606 g/mol. The Morgan fingerprint density at radius 3 is 2.58 bits per heavy atom. The molecule has 1 aliphatic carbocycles. The van der Waals surface area contributed by atoms with Crippen molar-refractivity contribution in [1.29, 1.82) is 0 Å². The lowest BCUT2D eigenvalue weighted by Gasteiger charge is -2.43. The Labute approximate surface area is 258 Å². The van der Waals surface area contributed by atoms with E-state index in [-0.39, 0.29) is 35.3 Å². The zero-order valence-corrected chi connectivity index (χ0v) is 25.3. The van der Waals surface area contributed by atoms with Gasteiger partial charge in [-0.05, 0) is 91.3 Å². The van der Waals surface area contributed by atoms with Crippen LogP contribution in [0.5, 0.6) is 5.75 Å². The molecule has 2 aromatic carbocycles. The highest BCUT2D eigenvalue weighted by Crippen LogP contribution is 2.52. The molecule has 43 heavy (non-hydrogen) atoms. The lowest BCUT2D eigenvalue weighted by molar-refractivity contribution is -0.122. The maximum atomic E-state index is 14.0. The predicted molar refractivity (Wildman–Crippen MR) is 169 cm³/mol. The number of anilines is 1. The largest absolute Gasteiger partial charge is 0.508 e. The Kier molecular flexibility index (Phi) is 9.83. The number of phenols is 1. The molecular formula is C32H38B2ClNO7. The number of amides is 2. The Balaban J connectivity index is 1.45. The van der Waals surface area contributed by atoms with Gasteiger partial charge in [0.15, 0.2) is 0 Å². The van der Waals surface area contributed by atoms with Crippen LogP contribution >= 0.6 is 11.6 Å². The van der Waals surface area contributed by atoms with Crippen LogP contribution in [0.3, 0.4) is 0 Å². The van der Waals surface area contributed by atoms with Gasteiger partial charge in [-0.25, -0.2) is 0 Å². The number of aromatic hydroxyl groups is 1. The maximum Gasteiger partial charge on any atom is 0.488 e. The minimum absolute atomic E-state index is 0.109. The van der Waals surface area contributed by atoms with Crippen molar-refractivity contribution >= 4 is 54.9 Å². The first-order valence-corrected chi connectivity index (χ1v) is 15.6. The lowest BCUT2D eigenvalue weighted by Crippen LogP contribution is -2.46. The molecule has 0 saturated carbocycles. The number of hydrogen-bond acceptors (Lipinski definition) is 7. The molecule has 2 aliphatic heterocycles. The summed E-state index contributed by atoms with van der Waals surface area (Å²) in [6, 6.07) is 11.1. The van der Waals surface area contributed by atoms with Gasteiger partial charge < -0.3 is 24.8 Å². The summed E-state index contributed by atoms with van der Waals surface area (Å²) in [5.41, 5.74) is 4.70. The van der Waals surface area contributed by atoms with Crippen molar-refractivity contribution in [3.8, 4) is 5.75 Å². The van der Waals surface area contributed by atoms with Crippen LogP contribution in [0.2, 0.25) is 11.3 Å². The molecule has 11 heteroatoms. The first-order valence-electron chi connectivity index (χ1n) is 15.2. The third-order valence-electron chi connectivity index (χ3n) is 8.93. The van der Waals surface area contributed by atoms with Crippen LogP contribution in [-0.4, -0.2) is 52.3 Å². The quantitative estimate of drug-likeness (QED) is 0.179. The number of carbonyl (C=O) groups excluding carboxylic acids is 2. The molecule has 5 rings (SSSR count). The summed E-state index contributed by atoms with van der Waals surface area (Å²) in [5, 5.41) is 40.4. The van der Waals surface area contributed by atoms with Crippen LogP contribution < -0.4 is 10.4 Å². The molecule has 2 aromatic rings. The van der Waals surface area contributed by atoms with Gasteiger partial charge in [0, 0.05) is 0 Å². The molecule has 4 atom stereocenters. The number of phenolic OH excluding ortho intramolecular Hbond substituents is 1. The van der Waals surface area contributed by atoms with Gasteiger partial charge in [0.05, 0.1) is 28.6 Å². The van der Waals surface area contributed by atoms with E-state index in [1.165, 1.54) is 28.7 Å². The van der Waals surface area contributed by atoms with Gasteiger partial charge in [0.1, 0.15) is 5.75 Å². The van der Waals surface area contributed by atoms with E-state index in [0.29, 0.717) is 30.0 Å². The van der Waals surface area contributed by atoms with E-state index in [2.05, 4.69) is 19.9 Å². The third-order valence-corrected chi connectivity index (χ3v) is 9.26. The van der Waals surface area contributed by atoms with Gasteiger partial charge in [0.2, 0.25) is 11.8 Å². The summed E-state index contributed by atoms with van der Waals surface area (Å²) in [4.78, 5) is 28.9. The van der Waals surface area contributed by atoms with E-state index in [0.717, 1.165) is 42.4 Å². The third kappa shape index (κ3) is 6.49. The highest BCUT2D eigenvalue weighted by atomic mass is 35.5. The molecule has 2 saturated heterocycles. The summed E-state index contributed by atoms with van der Waals surface area (Å²) in [7, 11) is -2.78. The Morgan fingerprint density at radius 1 is 1.09 bits per heavy atom. The molecule has 0 spiro atoms. The van der Waals surface area contributed by atoms with E-state index in [4.69, 9.17) is 16.3 Å². The van der Waals surface area contributed by atoms with Gasteiger partial charge >= 0.3 is 14.2 Å². The first kappa shape index (κ1) is 31.5. The molecule has 0 unspecified atom stereocenters. The molecule has 0 aromatic heterocycles. The average Bonchev–Trinajstić information content (AvgIpc) is 3.22. The van der Waals surface area contributed by atoms with Crippen LogP contribution in [0, 0.1) is 17.8 Å². The number of benzene rings is 2. The normalized spacial score (nSPS) is 24.0. The standard InChI is InChI=1S/C32H38B2ClNO7/c1-3-6-19(14-20-11-12-24(37)17-27(20)35)10-13-28-29-21(7-4-2)15-25-30(26(29)18-33(40)43-28)32(39)36(31(25)38)23-9-5-8-22(16-23)34(41)42/h5,8-9,11-12,14,16-17,25-26,28,30,37,40-42H,3-4,6-7,10,13,15,18H2,1-2H3/b19-14+/t25-,26+,28-,30-/m1/s1. The molecule has 8 nitrogen and oxygen atoms in total. The van der Waals surface area contributed by atoms with Gasteiger partial charge in [0.25, 0.3) is 0 Å². The number of fused-ring (bicyclic) bond motifs is 3. The number of imide groups is 1. The monoisotopic (exact) mass is 605 g/mol. The Morgan fingerprint density at radius 2 is 1.88 bits per heavy atom. The zero-order chi connectivity index (χ0) is 30.8. The second-order valence-corrected chi connectivity index (χ2v) is 12.3. The van der Waals surface area contributed by atoms with Crippen molar-refractivity contribution in [2.45, 2.75) is 71.2 Å². The van der Waals surface area contributed by atoms with Gasteiger partial charge in [-0.1, -0.05) is 67.6 Å². The van der Waals surface area contributed by atoms with Crippen molar-refractivity contribution in [3.63, 3.8) is 0 Å². The van der Waals surface area contributed by atoms with Crippen LogP contribution in [-0.2, 0) is 14.2 Å². The lowest BCUT2D eigenvalue weighted by atomic mass is 9.58. The van der Waals surface area contributed by atoms with Crippen LogP contribution in [0.1, 0.15) is 64.4 Å². The molecule has 0 bridgehead atoms. The molecule has 0 radical (unpaired) electrons. The van der Waals surface area contributed by atoms with Crippen LogP contribution in [0.4, 0.5) is 5.69 Å². The molecule has 2 heterocycles. The fourth-order valence-electron chi connectivity index (χ4n) is 7.14. The summed E-state index contributed by atoms with van der Waals surface area (Å²) in [6.07, 6.45) is 7.11. The van der Waals surface area contributed by atoms with Crippen molar-refractivity contribution in [3.05, 3.63) is 69.8 Å². The maximum absolute atomic E-state index is 14.0. The van der Waals surface area contributed by atoms with Gasteiger partial charge in [-0.2, -0.15) is 0 Å². The van der Waals surface area contributed by atoms with Crippen molar-refractivity contribution in [1.82, 2.24) is 0 Å². The number of carbonyl (C=O) groups is 2. The minimum Gasteiger partial charge on any atom is -0.508 e. The number of rotatable bonds is 10. The summed E-state index contributed by atoms with van der Waals surface area (Å²) >= 11 is 6.39. The predicted octanol–water partition coefficient (Wildman–Crippen LogP) is 4.49. The van der Waals surface area contributed by atoms with Crippen molar-refractivity contribution < 1.29 is 34.4 Å². The van der Waals surface area contributed by atoms with E-state index in [1.807, 2.05) is 0 Å². The molecular weight excluding hydrogens is 567 g/mol. The van der Waals surface area contributed by atoms with Crippen LogP contribution in [0.25, 0.3) is 6.08 Å². The second-order valence-electron chi connectivity index (χ2n) is 11.8. The minimum atomic E-state index is -1.72. The highest BCUT2D eigenvalue weighted by molar-refractivity contribution is 6.58. The summed E-state index contributed by atoms with van der Waals surface area (Å²) in [5.74, 6) is -1.98.